The molecule has 0 saturated carbocycles. The van der Waals surface area contributed by atoms with Crippen LogP contribution in [0.15, 0.2) is 123 Å². The first-order valence-electron chi connectivity index (χ1n) is 23.5. The second kappa shape index (κ2) is 23.0. The summed E-state index contributed by atoms with van der Waals surface area (Å²) in [6, 6.07) is 29.7. The molecule has 0 radical (unpaired) electrons. The zero-order valence-corrected chi connectivity index (χ0v) is 45.4. The van der Waals surface area contributed by atoms with Crippen LogP contribution in [0.25, 0.3) is 11.1 Å². The summed E-state index contributed by atoms with van der Waals surface area (Å²) in [7, 11) is -8.35. The van der Waals surface area contributed by atoms with Gasteiger partial charge in [0, 0.05) is 22.2 Å². The van der Waals surface area contributed by atoms with Crippen LogP contribution in [0, 0.1) is 5.41 Å². The number of hydrogen-bond acceptors (Lipinski definition) is 9. The average Bonchev–Trinajstić information content (AvgIpc) is 3.75. The Balaban J connectivity index is 1.46. The highest BCUT2D eigenvalue weighted by Gasteiger charge is 2.50. The first kappa shape index (κ1) is 53.1. The third-order valence-electron chi connectivity index (χ3n) is 13.6. The summed E-state index contributed by atoms with van der Waals surface area (Å²) in [6.45, 7) is 26.5. The molecule has 65 heavy (non-hydrogen) atoms. The Morgan fingerprint density at radius 3 is 2.05 bits per heavy atom. The molecule has 12 heteroatoms. The van der Waals surface area contributed by atoms with E-state index in [0.29, 0.717) is 22.8 Å². The van der Waals surface area contributed by atoms with Crippen molar-refractivity contribution in [1.29, 1.82) is 0 Å². The van der Waals surface area contributed by atoms with Crippen LogP contribution in [0.1, 0.15) is 112 Å². The minimum atomic E-state index is -4.30. The summed E-state index contributed by atoms with van der Waals surface area (Å²) in [6.07, 6.45) is 9.29. The van der Waals surface area contributed by atoms with E-state index in [2.05, 4.69) is 86.1 Å². The molecule has 3 atom stereocenters. The molecule has 0 amide bonds. The highest BCUT2D eigenvalue weighted by Crippen LogP contribution is 2.52. The molecule has 4 aromatic rings. The number of unbranched alkanes of at least 4 members (excludes halogenated alkanes) is 5. The fourth-order valence-electron chi connectivity index (χ4n) is 7.39. The SMILES string of the molecule is CCCCOc1ccc(Sc2ccc(-c3ccccc3C(O)C3(C(CCCCCCCO[Si](C)(C)C(C)(C)C)O[Si](C)(C)C(C)(C)C)C=CSC3)cc2S(=O)(=O)Oc2ccccc2)cc1. The Morgan fingerprint density at radius 1 is 0.754 bits per heavy atom. The summed E-state index contributed by atoms with van der Waals surface area (Å²) in [5, 5.41) is 15.3. The summed E-state index contributed by atoms with van der Waals surface area (Å²) in [5.74, 6) is 1.68. The molecular weight excluding hydrogens is 901 g/mol. The standard InChI is InChI=1S/C53H76O7S3Si2/c1-12-13-36-57-42-30-32-44(33-31-42)62-47-34-29-41(39-48(47)63(55,56)59-43-24-18-17-19-25-43)45-26-21-22-27-46(45)50(54)53(35-38-61-40-53)49(60-65(10,11)52(5,6)7)28-20-15-14-16-23-37-58-64(8,9)51(2,3)4/h17-19,21-22,24-27,29-35,38-39,49-50,54H,12-16,20,23,28,36-37,40H2,1-11H3. The number of benzene rings is 4. The minimum absolute atomic E-state index is 0.0250. The van der Waals surface area contributed by atoms with Crippen LogP contribution < -0.4 is 8.92 Å². The maximum atomic E-state index is 14.3. The van der Waals surface area contributed by atoms with Crippen molar-refractivity contribution in [2.45, 2.75) is 163 Å². The van der Waals surface area contributed by atoms with Crippen molar-refractivity contribution < 1.29 is 31.3 Å². The Morgan fingerprint density at radius 2 is 1.40 bits per heavy atom. The van der Waals surface area contributed by atoms with E-state index in [9.17, 15) is 13.5 Å². The smallest absolute Gasteiger partial charge is 0.340 e. The van der Waals surface area contributed by atoms with E-state index in [-0.39, 0.29) is 26.8 Å². The van der Waals surface area contributed by atoms with E-state index < -0.39 is 38.3 Å². The number of rotatable bonds is 24. The number of ether oxygens (including phenoxy) is 1. The highest BCUT2D eigenvalue weighted by atomic mass is 32.2. The molecule has 0 spiro atoms. The van der Waals surface area contributed by atoms with Crippen LogP contribution in [0.2, 0.25) is 36.3 Å². The molecule has 3 unspecified atom stereocenters. The summed E-state index contributed by atoms with van der Waals surface area (Å²) in [5.41, 5.74) is 1.46. The third kappa shape index (κ3) is 14.1. The Bertz CT molecular complexity index is 2250. The van der Waals surface area contributed by atoms with Gasteiger partial charge in [-0.15, -0.1) is 11.8 Å². The number of para-hydroxylation sites is 1. The van der Waals surface area contributed by atoms with Crippen molar-refractivity contribution in [1.82, 2.24) is 0 Å². The van der Waals surface area contributed by atoms with Gasteiger partial charge in [-0.1, -0.05) is 147 Å². The zero-order valence-electron chi connectivity index (χ0n) is 40.9. The summed E-state index contributed by atoms with van der Waals surface area (Å²) < 4.78 is 54.2. The van der Waals surface area contributed by atoms with E-state index in [4.69, 9.17) is 17.8 Å². The van der Waals surface area contributed by atoms with Gasteiger partial charge in [-0.2, -0.15) is 8.42 Å². The second-order valence-corrected chi connectivity index (χ2v) is 33.6. The van der Waals surface area contributed by atoms with Crippen LogP contribution >= 0.6 is 23.5 Å². The van der Waals surface area contributed by atoms with Gasteiger partial charge in [0.15, 0.2) is 16.6 Å². The highest BCUT2D eigenvalue weighted by molar-refractivity contribution is 8.02. The van der Waals surface area contributed by atoms with Gasteiger partial charge in [0.25, 0.3) is 0 Å². The molecule has 1 aliphatic heterocycles. The normalized spacial score (nSPS) is 17.0. The molecule has 0 aromatic heterocycles. The zero-order chi connectivity index (χ0) is 47.5. The van der Waals surface area contributed by atoms with Crippen molar-refractivity contribution in [2.24, 2.45) is 5.41 Å². The quantitative estimate of drug-likeness (QED) is 0.0419. The predicted octanol–water partition coefficient (Wildman–Crippen LogP) is 15.5. The molecule has 1 aliphatic rings. The van der Waals surface area contributed by atoms with Crippen LogP contribution in [0.5, 0.6) is 11.5 Å². The monoisotopic (exact) mass is 976 g/mol. The lowest BCUT2D eigenvalue weighted by molar-refractivity contribution is -0.0228. The van der Waals surface area contributed by atoms with Crippen LogP contribution in [0.4, 0.5) is 0 Å². The van der Waals surface area contributed by atoms with Gasteiger partial charge in [0.1, 0.15) is 16.4 Å². The largest absolute Gasteiger partial charge is 0.494 e. The number of aliphatic hydroxyl groups is 1. The molecular formula is C53H76O7S3Si2. The van der Waals surface area contributed by atoms with E-state index in [0.717, 1.165) is 79.7 Å². The first-order chi connectivity index (χ1) is 30.6. The molecule has 1 N–H and O–H groups in total. The van der Waals surface area contributed by atoms with Gasteiger partial charge in [-0.25, -0.2) is 0 Å². The Hall–Kier alpha value is -2.82. The molecule has 4 aromatic carbocycles. The average molecular weight is 978 g/mol. The molecule has 5 rings (SSSR count). The van der Waals surface area contributed by atoms with Gasteiger partial charge in [-0.3, -0.25) is 0 Å². The lowest BCUT2D eigenvalue weighted by Gasteiger charge is -2.47. The van der Waals surface area contributed by atoms with Crippen molar-refractivity contribution in [3.8, 4) is 22.6 Å². The van der Waals surface area contributed by atoms with Gasteiger partial charge in [0.2, 0.25) is 0 Å². The molecule has 0 aliphatic carbocycles. The fourth-order valence-corrected chi connectivity index (χ4v) is 13.4. The van der Waals surface area contributed by atoms with Crippen molar-refractivity contribution in [3.63, 3.8) is 0 Å². The van der Waals surface area contributed by atoms with Gasteiger partial charge < -0.3 is 22.9 Å². The minimum Gasteiger partial charge on any atom is -0.494 e. The predicted molar refractivity (Wildman–Crippen MR) is 279 cm³/mol. The van der Waals surface area contributed by atoms with E-state index in [1.165, 1.54) is 11.8 Å². The van der Waals surface area contributed by atoms with Gasteiger partial charge in [0.05, 0.1) is 24.2 Å². The fraction of sp³-hybridized carbons (Fsp3) is 0.509. The molecule has 0 fully saturated rings. The van der Waals surface area contributed by atoms with Crippen molar-refractivity contribution in [2.75, 3.05) is 19.0 Å². The molecule has 7 nitrogen and oxygen atoms in total. The summed E-state index contributed by atoms with van der Waals surface area (Å²) >= 11 is 3.07. The van der Waals surface area contributed by atoms with Gasteiger partial charge in [-0.05, 0) is 126 Å². The summed E-state index contributed by atoms with van der Waals surface area (Å²) in [4.78, 5) is 1.44. The first-order valence-corrected chi connectivity index (χ1v) is 32.6. The maximum absolute atomic E-state index is 14.3. The van der Waals surface area contributed by atoms with Crippen molar-refractivity contribution >= 4 is 50.3 Å². The van der Waals surface area contributed by atoms with Crippen LogP contribution in [-0.2, 0) is 19.0 Å². The number of aliphatic hydroxyl groups excluding tert-OH is 1. The van der Waals surface area contributed by atoms with E-state index in [1.54, 1.807) is 42.1 Å². The molecule has 0 bridgehead atoms. The lowest BCUT2D eigenvalue weighted by atomic mass is 9.73. The Kier molecular flexibility index (Phi) is 18.8. The second-order valence-electron chi connectivity index (χ2n) is 20.5. The number of hydrogen-bond donors (Lipinski definition) is 1. The van der Waals surface area contributed by atoms with Gasteiger partial charge >= 0.3 is 10.1 Å². The maximum Gasteiger partial charge on any atom is 0.340 e. The van der Waals surface area contributed by atoms with Crippen molar-refractivity contribution in [3.05, 3.63) is 114 Å². The third-order valence-corrected chi connectivity index (χ3v) is 26.1. The Labute approximate surface area is 403 Å². The molecule has 356 valence electrons. The van der Waals surface area contributed by atoms with Crippen LogP contribution in [0.3, 0.4) is 0 Å². The molecule has 1 heterocycles. The molecule has 0 saturated heterocycles. The topological polar surface area (TPSA) is 91.3 Å². The number of thioether (sulfide) groups is 1. The van der Waals surface area contributed by atoms with E-state index >= 15 is 0 Å². The lowest BCUT2D eigenvalue weighted by Crippen LogP contribution is -2.51. The van der Waals surface area contributed by atoms with Crippen LogP contribution in [-0.4, -0.2) is 55.2 Å². The van der Waals surface area contributed by atoms with E-state index in [1.807, 2.05) is 66.7 Å².